The molecular formula is C20H20O4. The lowest BCUT2D eigenvalue weighted by atomic mass is 9.98. The molecule has 0 amide bonds. The normalized spacial score (nSPS) is 15.2. The molecule has 2 aromatic rings. The van der Waals surface area contributed by atoms with E-state index in [2.05, 4.69) is 0 Å². The molecule has 3 rings (SSSR count). The highest BCUT2D eigenvalue weighted by molar-refractivity contribution is 6.14. The van der Waals surface area contributed by atoms with Gasteiger partial charge in [-0.05, 0) is 38.1 Å². The fourth-order valence-electron chi connectivity index (χ4n) is 2.64. The molecule has 0 spiro atoms. The maximum absolute atomic E-state index is 12.7. The van der Waals surface area contributed by atoms with Gasteiger partial charge in [0.15, 0.2) is 17.3 Å². The Morgan fingerprint density at radius 1 is 1.12 bits per heavy atom. The largest absolute Gasteiger partial charge is 0.493 e. The molecule has 0 fully saturated rings. The zero-order valence-corrected chi connectivity index (χ0v) is 14.0. The van der Waals surface area contributed by atoms with Crippen LogP contribution in [-0.2, 0) is 0 Å². The highest BCUT2D eigenvalue weighted by Gasteiger charge is 2.23. The van der Waals surface area contributed by atoms with E-state index in [9.17, 15) is 4.79 Å². The summed E-state index contributed by atoms with van der Waals surface area (Å²) in [4.78, 5) is 12.7. The van der Waals surface area contributed by atoms with Gasteiger partial charge in [-0.3, -0.25) is 4.79 Å². The second-order valence-electron chi connectivity index (χ2n) is 5.83. The van der Waals surface area contributed by atoms with Gasteiger partial charge in [-0.1, -0.05) is 24.3 Å². The monoisotopic (exact) mass is 324 g/mol. The average molecular weight is 324 g/mol. The summed E-state index contributed by atoms with van der Waals surface area (Å²) in [5.74, 6) is 1.89. The van der Waals surface area contributed by atoms with Crippen LogP contribution in [0.2, 0.25) is 0 Å². The topological polar surface area (TPSA) is 44.8 Å². The van der Waals surface area contributed by atoms with E-state index in [0.717, 1.165) is 5.56 Å². The van der Waals surface area contributed by atoms with Gasteiger partial charge in [0, 0.05) is 11.1 Å². The lowest BCUT2D eigenvalue weighted by Gasteiger charge is -2.20. The number of Topliss-reactive ketones (excluding diaryl/α,β-unsaturated/α-hetero) is 1. The molecule has 1 aliphatic heterocycles. The fourth-order valence-corrected chi connectivity index (χ4v) is 2.64. The van der Waals surface area contributed by atoms with Crippen molar-refractivity contribution >= 4 is 11.9 Å². The number of ketones is 1. The zero-order valence-electron chi connectivity index (χ0n) is 14.0. The van der Waals surface area contributed by atoms with Gasteiger partial charge in [-0.25, -0.2) is 0 Å². The number of methoxy groups -OCH3 is 1. The summed E-state index contributed by atoms with van der Waals surface area (Å²) in [5.41, 5.74) is 1.98. The molecule has 0 radical (unpaired) electrons. The number of benzene rings is 2. The summed E-state index contributed by atoms with van der Waals surface area (Å²) in [6.07, 6.45) is 1.82. The number of para-hydroxylation sites is 2. The van der Waals surface area contributed by atoms with E-state index in [1.54, 1.807) is 13.2 Å². The Kier molecular flexibility index (Phi) is 4.56. The van der Waals surface area contributed by atoms with E-state index in [0.29, 0.717) is 28.4 Å². The summed E-state index contributed by atoms with van der Waals surface area (Å²) in [5, 5.41) is 0. The predicted octanol–water partition coefficient (Wildman–Crippen LogP) is 4.14. The molecule has 0 saturated carbocycles. The highest BCUT2D eigenvalue weighted by Crippen LogP contribution is 2.35. The summed E-state index contributed by atoms with van der Waals surface area (Å²) < 4.78 is 17.0. The third kappa shape index (κ3) is 3.13. The minimum absolute atomic E-state index is 0.00233. The molecule has 4 nitrogen and oxygen atoms in total. The lowest BCUT2D eigenvalue weighted by Crippen LogP contribution is -2.19. The zero-order chi connectivity index (χ0) is 17.1. The second kappa shape index (κ2) is 6.79. The van der Waals surface area contributed by atoms with Gasteiger partial charge in [0.05, 0.1) is 18.8 Å². The summed E-state index contributed by atoms with van der Waals surface area (Å²) in [7, 11) is 1.60. The van der Waals surface area contributed by atoms with Crippen molar-refractivity contribution in [3.63, 3.8) is 0 Å². The van der Waals surface area contributed by atoms with Crippen LogP contribution in [0.4, 0.5) is 0 Å². The van der Waals surface area contributed by atoms with E-state index in [1.807, 2.05) is 56.3 Å². The number of hydrogen-bond donors (Lipinski definition) is 0. The van der Waals surface area contributed by atoms with Crippen LogP contribution in [0.15, 0.2) is 48.0 Å². The van der Waals surface area contributed by atoms with Gasteiger partial charge >= 0.3 is 0 Å². The van der Waals surface area contributed by atoms with Crippen LogP contribution < -0.4 is 14.2 Å². The van der Waals surface area contributed by atoms with Crippen LogP contribution in [0.5, 0.6) is 17.2 Å². The van der Waals surface area contributed by atoms with Crippen molar-refractivity contribution in [2.24, 2.45) is 0 Å². The molecule has 0 bridgehead atoms. The van der Waals surface area contributed by atoms with Crippen molar-refractivity contribution < 1.29 is 19.0 Å². The molecule has 1 heterocycles. The van der Waals surface area contributed by atoms with Crippen molar-refractivity contribution in [2.75, 3.05) is 13.7 Å². The average Bonchev–Trinajstić information content (AvgIpc) is 2.58. The van der Waals surface area contributed by atoms with Crippen LogP contribution in [0, 0.1) is 0 Å². The van der Waals surface area contributed by atoms with Crippen LogP contribution in [0.3, 0.4) is 0 Å². The van der Waals surface area contributed by atoms with Crippen LogP contribution in [0.25, 0.3) is 6.08 Å². The summed E-state index contributed by atoms with van der Waals surface area (Å²) >= 11 is 0. The summed E-state index contributed by atoms with van der Waals surface area (Å²) in [6, 6.07) is 12.9. The molecule has 0 atom stereocenters. The molecule has 24 heavy (non-hydrogen) atoms. The van der Waals surface area contributed by atoms with Crippen molar-refractivity contribution in [2.45, 2.75) is 20.0 Å². The van der Waals surface area contributed by atoms with Gasteiger partial charge in [-0.2, -0.15) is 0 Å². The predicted molar refractivity (Wildman–Crippen MR) is 93.0 cm³/mol. The SMILES string of the molecule is COc1cccc(/C=C2\COc3ccccc3C2=O)c1OC(C)C. The van der Waals surface area contributed by atoms with Crippen LogP contribution in [-0.4, -0.2) is 25.6 Å². The molecule has 0 aliphatic carbocycles. The Bertz CT molecular complexity index is 790. The molecule has 0 N–H and O–H groups in total. The number of carbonyl (C=O) groups is 1. The van der Waals surface area contributed by atoms with E-state index in [-0.39, 0.29) is 18.5 Å². The first kappa shape index (κ1) is 16.1. The molecule has 0 saturated heterocycles. The van der Waals surface area contributed by atoms with E-state index < -0.39 is 0 Å². The first-order valence-electron chi connectivity index (χ1n) is 7.91. The van der Waals surface area contributed by atoms with E-state index >= 15 is 0 Å². The van der Waals surface area contributed by atoms with Gasteiger partial charge in [-0.15, -0.1) is 0 Å². The standard InChI is InChI=1S/C20H20O4/c1-13(2)24-20-14(7-6-10-18(20)22-3)11-15-12-23-17-9-5-4-8-16(17)19(15)21/h4-11,13H,12H2,1-3H3/b15-11+. The van der Waals surface area contributed by atoms with Gasteiger partial charge < -0.3 is 14.2 Å². The van der Waals surface area contributed by atoms with Gasteiger partial charge in [0.2, 0.25) is 0 Å². The molecule has 0 unspecified atom stereocenters. The number of carbonyl (C=O) groups excluding carboxylic acids is 1. The number of rotatable bonds is 4. The van der Waals surface area contributed by atoms with Crippen LogP contribution in [0.1, 0.15) is 29.8 Å². The number of hydrogen-bond acceptors (Lipinski definition) is 4. The Labute approximate surface area is 141 Å². The number of fused-ring (bicyclic) bond motifs is 1. The van der Waals surface area contributed by atoms with Crippen LogP contribution >= 0.6 is 0 Å². The quantitative estimate of drug-likeness (QED) is 0.793. The van der Waals surface area contributed by atoms with Crippen molar-refractivity contribution in [3.05, 3.63) is 59.2 Å². The molecule has 124 valence electrons. The molecule has 0 aromatic heterocycles. The Hall–Kier alpha value is -2.75. The molecule has 4 heteroatoms. The maximum atomic E-state index is 12.7. The lowest BCUT2D eigenvalue weighted by molar-refractivity contribution is 0.100. The third-order valence-corrected chi connectivity index (χ3v) is 3.72. The minimum atomic E-state index is -0.0184. The van der Waals surface area contributed by atoms with Gasteiger partial charge in [0.1, 0.15) is 12.4 Å². The Morgan fingerprint density at radius 3 is 2.67 bits per heavy atom. The number of ether oxygens (including phenoxy) is 3. The minimum Gasteiger partial charge on any atom is -0.493 e. The van der Waals surface area contributed by atoms with Crippen molar-refractivity contribution in [1.29, 1.82) is 0 Å². The van der Waals surface area contributed by atoms with E-state index in [1.165, 1.54) is 0 Å². The van der Waals surface area contributed by atoms with Gasteiger partial charge in [0.25, 0.3) is 0 Å². The summed E-state index contributed by atoms with van der Waals surface area (Å²) in [6.45, 7) is 4.15. The first-order valence-corrected chi connectivity index (χ1v) is 7.91. The fraction of sp³-hybridized carbons (Fsp3) is 0.250. The van der Waals surface area contributed by atoms with E-state index in [4.69, 9.17) is 14.2 Å². The molecule has 1 aliphatic rings. The second-order valence-corrected chi connectivity index (χ2v) is 5.83. The molecular weight excluding hydrogens is 304 g/mol. The Balaban J connectivity index is 2.02. The smallest absolute Gasteiger partial charge is 0.196 e. The third-order valence-electron chi connectivity index (χ3n) is 3.72. The Morgan fingerprint density at radius 2 is 1.92 bits per heavy atom. The maximum Gasteiger partial charge on any atom is 0.196 e. The highest BCUT2D eigenvalue weighted by atomic mass is 16.5. The first-order chi connectivity index (χ1) is 11.6. The van der Waals surface area contributed by atoms with Crippen molar-refractivity contribution in [3.8, 4) is 17.2 Å². The molecule has 2 aromatic carbocycles. The van der Waals surface area contributed by atoms with Crippen molar-refractivity contribution in [1.82, 2.24) is 0 Å².